The molecule has 0 aromatic heterocycles. The molecule has 0 aromatic carbocycles. The lowest BCUT2D eigenvalue weighted by atomic mass is 9.70. The zero-order valence-corrected chi connectivity index (χ0v) is 26.5. The number of carbonyl (C=O) groups is 2. The van der Waals surface area contributed by atoms with Crippen LogP contribution in [0.1, 0.15) is 101 Å². The van der Waals surface area contributed by atoms with E-state index in [2.05, 4.69) is 45.3 Å². The van der Waals surface area contributed by atoms with Gasteiger partial charge in [-0.25, -0.2) is 0 Å². The van der Waals surface area contributed by atoms with Gasteiger partial charge < -0.3 is 30.9 Å². The van der Waals surface area contributed by atoms with Crippen LogP contribution in [-0.4, -0.2) is 65.6 Å². The lowest BCUT2D eigenvalue weighted by molar-refractivity contribution is -0.182. The van der Waals surface area contributed by atoms with E-state index in [1.165, 1.54) is 0 Å². The molecule has 228 valence electrons. The van der Waals surface area contributed by atoms with Crippen molar-refractivity contribution >= 4 is 11.9 Å². The molecule has 2 rings (SSSR count). The summed E-state index contributed by atoms with van der Waals surface area (Å²) in [5.74, 6) is -0.0437. The molecule has 1 amide bonds. The Hall–Kier alpha value is -1.22. The molecule has 2 aliphatic rings. The number of hydrogen-bond donors (Lipinski definition) is 4. The number of carbonyl (C=O) groups excluding carboxylic acids is 2. The van der Waals surface area contributed by atoms with Crippen molar-refractivity contribution in [1.29, 1.82) is 0 Å². The number of ether oxygens (including phenoxy) is 2. The molecule has 8 heteroatoms. The molecule has 4 unspecified atom stereocenters. The Bertz CT molecular complexity index is 822. The fourth-order valence-electron chi connectivity index (χ4n) is 6.82. The summed E-state index contributed by atoms with van der Waals surface area (Å²) >= 11 is 0. The van der Waals surface area contributed by atoms with Crippen molar-refractivity contribution < 1.29 is 24.2 Å². The number of amides is 1. The number of aliphatic hydroxyl groups is 1. The largest absolute Gasteiger partial charge is 0.459 e. The average Bonchev–Trinajstić information content (AvgIpc) is 2.89. The van der Waals surface area contributed by atoms with Gasteiger partial charge in [-0.2, -0.15) is 0 Å². The zero-order chi connectivity index (χ0) is 29.9. The van der Waals surface area contributed by atoms with Gasteiger partial charge >= 0.3 is 5.97 Å². The first-order valence-corrected chi connectivity index (χ1v) is 15.3. The highest BCUT2D eigenvalue weighted by molar-refractivity contribution is 5.78. The van der Waals surface area contributed by atoms with Crippen molar-refractivity contribution in [2.45, 2.75) is 143 Å². The molecule has 8 nitrogen and oxygen atoms in total. The molecular formula is C31H59N3O5. The van der Waals surface area contributed by atoms with Crippen LogP contribution in [0.25, 0.3) is 0 Å². The molecule has 1 aliphatic heterocycles. The summed E-state index contributed by atoms with van der Waals surface area (Å²) in [5, 5.41) is 18.0. The van der Waals surface area contributed by atoms with Gasteiger partial charge in [-0.15, -0.1) is 0 Å². The summed E-state index contributed by atoms with van der Waals surface area (Å²) in [5.41, 5.74) is 4.57. The number of nitrogens with one attached hydrogen (secondary N) is 2. The fourth-order valence-corrected chi connectivity index (χ4v) is 6.82. The first kappa shape index (κ1) is 34.0. The van der Waals surface area contributed by atoms with E-state index in [1.807, 2.05) is 27.8 Å². The second-order valence-electron chi connectivity index (χ2n) is 13.6. The standard InChI is InChI=1S/C31H59N3O5/c1-12-25-31(10,37)27(32)23(8)34-28(35)19(4)16-30(9,33-11)22(7)20(5)26(21(6)29(36)39-25)38-24-14-13-17(2)18(3)15-24/h17-27,33,37H,12-16,32H2,1-11H3,(H,34,35)/t17-,18?,19-,20-,21?,22-,23?,24+,25-,26+,27?,30-,31-/m1/s1. The summed E-state index contributed by atoms with van der Waals surface area (Å²) in [6.07, 6.45) is 2.93. The third-order valence-electron chi connectivity index (χ3n) is 10.7. The maximum Gasteiger partial charge on any atom is 0.311 e. The third-order valence-corrected chi connectivity index (χ3v) is 10.7. The second kappa shape index (κ2) is 13.6. The maximum absolute atomic E-state index is 13.7. The molecule has 1 heterocycles. The predicted molar refractivity (Wildman–Crippen MR) is 156 cm³/mol. The van der Waals surface area contributed by atoms with Crippen molar-refractivity contribution in [1.82, 2.24) is 10.6 Å². The van der Waals surface area contributed by atoms with Gasteiger partial charge in [0, 0.05) is 17.5 Å². The minimum Gasteiger partial charge on any atom is -0.459 e. The molecule has 0 aromatic rings. The third kappa shape index (κ3) is 7.75. The van der Waals surface area contributed by atoms with Crippen LogP contribution < -0.4 is 16.4 Å². The van der Waals surface area contributed by atoms with Gasteiger partial charge in [0.25, 0.3) is 0 Å². The van der Waals surface area contributed by atoms with Crippen LogP contribution in [0.3, 0.4) is 0 Å². The van der Waals surface area contributed by atoms with E-state index in [9.17, 15) is 14.7 Å². The van der Waals surface area contributed by atoms with E-state index in [0.29, 0.717) is 24.7 Å². The smallest absolute Gasteiger partial charge is 0.311 e. The summed E-state index contributed by atoms with van der Waals surface area (Å²) in [6, 6.07) is -1.35. The topological polar surface area (TPSA) is 123 Å². The first-order valence-electron chi connectivity index (χ1n) is 15.3. The van der Waals surface area contributed by atoms with Gasteiger partial charge in [-0.1, -0.05) is 41.5 Å². The van der Waals surface area contributed by atoms with E-state index in [-0.39, 0.29) is 41.8 Å². The van der Waals surface area contributed by atoms with E-state index in [4.69, 9.17) is 15.2 Å². The van der Waals surface area contributed by atoms with E-state index in [0.717, 1.165) is 19.3 Å². The van der Waals surface area contributed by atoms with Crippen LogP contribution in [0.4, 0.5) is 0 Å². The maximum atomic E-state index is 13.7. The average molecular weight is 554 g/mol. The molecule has 1 saturated carbocycles. The molecule has 0 bridgehead atoms. The molecule has 0 radical (unpaired) electrons. The minimum absolute atomic E-state index is 0.0122. The van der Waals surface area contributed by atoms with E-state index >= 15 is 0 Å². The first-order chi connectivity index (χ1) is 18.0. The van der Waals surface area contributed by atoms with Gasteiger partial charge in [0.2, 0.25) is 5.91 Å². The fraction of sp³-hybridized carbons (Fsp3) is 0.935. The molecule has 2 fully saturated rings. The Labute approximate surface area is 237 Å². The van der Waals surface area contributed by atoms with Crippen molar-refractivity contribution in [3.8, 4) is 0 Å². The molecule has 5 N–H and O–H groups in total. The van der Waals surface area contributed by atoms with Crippen molar-refractivity contribution in [2.75, 3.05) is 7.05 Å². The summed E-state index contributed by atoms with van der Waals surface area (Å²) in [7, 11) is 1.93. The molecule has 39 heavy (non-hydrogen) atoms. The number of esters is 1. The number of nitrogens with two attached hydrogens (primary N) is 1. The second-order valence-corrected chi connectivity index (χ2v) is 13.6. The summed E-state index contributed by atoms with van der Waals surface area (Å²) in [6.45, 7) is 20.1. The summed E-state index contributed by atoms with van der Waals surface area (Å²) in [4.78, 5) is 27.0. The van der Waals surface area contributed by atoms with Gasteiger partial charge in [-0.3, -0.25) is 9.59 Å². The van der Waals surface area contributed by atoms with Crippen LogP contribution in [0.15, 0.2) is 0 Å². The van der Waals surface area contributed by atoms with Gasteiger partial charge in [-0.05, 0) is 90.5 Å². The lowest BCUT2D eigenvalue weighted by Gasteiger charge is -2.45. The number of hydrogen-bond acceptors (Lipinski definition) is 7. The van der Waals surface area contributed by atoms with Crippen molar-refractivity contribution in [3.05, 3.63) is 0 Å². The van der Waals surface area contributed by atoms with Crippen LogP contribution in [0.5, 0.6) is 0 Å². The quantitative estimate of drug-likeness (QED) is 0.388. The molecule has 0 spiro atoms. The highest BCUT2D eigenvalue weighted by atomic mass is 16.6. The molecular weight excluding hydrogens is 494 g/mol. The highest BCUT2D eigenvalue weighted by Crippen LogP contribution is 2.39. The number of cyclic esters (lactones) is 1. The SMILES string of the molecule is CC[C@H]1OC(=O)C(C)[C@@H](O[C@H]2CC[C@@H](C)C(C)C2)[C@H](C)[C@@H](C)[C@](C)(NC)C[C@@H](C)C(=O)NC(C)C(N)[C@]1(C)O. The zero-order valence-electron chi connectivity index (χ0n) is 26.5. The van der Waals surface area contributed by atoms with Crippen molar-refractivity contribution in [2.24, 2.45) is 41.2 Å². The van der Waals surface area contributed by atoms with Gasteiger partial charge in [0.1, 0.15) is 11.7 Å². The van der Waals surface area contributed by atoms with Crippen LogP contribution in [0, 0.1) is 35.5 Å². The molecule has 13 atom stereocenters. The van der Waals surface area contributed by atoms with Gasteiger partial charge in [0.05, 0.1) is 24.2 Å². The Morgan fingerprint density at radius 1 is 1.08 bits per heavy atom. The Morgan fingerprint density at radius 3 is 2.23 bits per heavy atom. The normalized spacial score (nSPS) is 47.5. The van der Waals surface area contributed by atoms with E-state index in [1.54, 1.807) is 13.8 Å². The molecule has 1 saturated heterocycles. The van der Waals surface area contributed by atoms with Crippen LogP contribution >= 0.6 is 0 Å². The lowest BCUT2D eigenvalue weighted by Crippen LogP contribution is -2.63. The Morgan fingerprint density at radius 2 is 1.69 bits per heavy atom. The Balaban J connectivity index is 2.53. The van der Waals surface area contributed by atoms with Crippen LogP contribution in [-0.2, 0) is 19.1 Å². The number of rotatable bonds is 4. The molecule has 1 aliphatic carbocycles. The van der Waals surface area contributed by atoms with E-state index < -0.39 is 35.2 Å². The van der Waals surface area contributed by atoms with Crippen molar-refractivity contribution in [3.63, 3.8) is 0 Å². The van der Waals surface area contributed by atoms with Gasteiger partial charge in [0.15, 0.2) is 0 Å². The summed E-state index contributed by atoms with van der Waals surface area (Å²) < 4.78 is 12.9. The highest BCUT2D eigenvalue weighted by Gasteiger charge is 2.47. The minimum atomic E-state index is -1.54. The Kier molecular flexibility index (Phi) is 11.9. The van der Waals surface area contributed by atoms with Crippen LogP contribution in [0.2, 0.25) is 0 Å². The monoisotopic (exact) mass is 553 g/mol. The predicted octanol–water partition coefficient (Wildman–Crippen LogP) is 4.03.